The van der Waals surface area contributed by atoms with Gasteiger partial charge in [0.2, 0.25) is 0 Å². The van der Waals surface area contributed by atoms with Crippen molar-refractivity contribution in [3.63, 3.8) is 0 Å². The minimum atomic E-state index is -1.04. The van der Waals surface area contributed by atoms with E-state index in [-0.39, 0.29) is 6.42 Å². The fraction of sp³-hybridized carbons (Fsp3) is 0.909. The first-order valence-electron chi connectivity index (χ1n) is 5.31. The van der Waals surface area contributed by atoms with Crippen molar-refractivity contribution in [2.24, 2.45) is 0 Å². The molecule has 5 heteroatoms. The highest BCUT2D eigenvalue weighted by atomic mass is 16.5. The van der Waals surface area contributed by atoms with Gasteiger partial charge in [-0.3, -0.25) is 0 Å². The van der Waals surface area contributed by atoms with Gasteiger partial charge in [0.1, 0.15) is 0 Å². The average Bonchev–Trinajstić information content (AvgIpc) is 2.16. The normalized spacial score (nSPS) is 17.9. The van der Waals surface area contributed by atoms with E-state index in [0.29, 0.717) is 0 Å². The van der Waals surface area contributed by atoms with Gasteiger partial charge in [0, 0.05) is 13.5 Å². The van der Waals surface area contributed by atoms with E-state index in [1.165, 1.54) is 7.11 Å². The molecule has 0 heterocycles. The summed E-state index contributed by atoms with van der Waals surface area (Å²) in [6.07, 6.45) is -1.96. The van der Waals surface area contributed by atoms with E-state index in [4.69, 9.17) is 14.6 Å². The number of carboxylic acid groups (broad SMARTS) is 1. The monoisotopic (exact) mass is 234 g/mol. The van der Waals surface area contributed by atoms with Crippen molar-refractivity contribution in [3.8, 4) is 0 Å². The Balaban J connectivity index is 4.46. The molecule has 0 aliphatic rings. The third-order valence-electron chi connectivity index (χ3n) is 2.56. The summed E-state index contributed by atoms with van der Waals surface area (Å²) >= 11 is 0. The highest BCUT2D eigenvalue weighted by Gasteiger charge is 2.30. The molecule has 2 N–H and O–H groups in total. The third-order valence-corrected chi connectivity index (χ3v) is 2.56. The van der Waals surface area contributed by atoms with Gasteiger partial charge < -0.3 is 19.7 Å². The lowest BCUT2D eigenvalue weighted by atomic mass is 10.0. The number of hydrogen-bond donors (Lipinski definition) is 2. The first-order valence-corrected chi connectivity index (χ1v) is 5.31. The topological polar surface area (TPSA) is 76.0 Å². The summed E-state index contributed by atoms with van der Waals surface area (Å²) in [5, 5.41) is 18.3. The largest absolute Gasteiger partial charge is 0.479 e. The van der Waals surface area contributed by atoms with Crippen LogP contribution in [0, 0.1) is 0 Å². The molecule has 0 aromatic heterocycles. The molecule has 0 bridgehead atoms. The van der Waals surface area contributed by atoms with Crippen molar-refractivity contribution in [2.45, 2.75) is 58.0 Å². The summed E-state index contributed by atoms with van der Waals surface area (Å²) in [6, 6.07) is 0. The van der Waals surface area contributed by atoms with Gasteiger partial charge in [-0.2, -0.15) is 0 Å². The van der Waals surface area contributed by atoms with Crippen molar-refractivity contribution < 1.29 is 24.5 Å². The number of methoxy groups -OCH3 is 1. The van der Waals surface area contributed by atoms with Crippen molar-refractivity contribution in [1.82, 2.24) is 0 Å². The van der Waals surface area contributed by atoms with Crippen LogP contribution in [0.25, 0.3) is 0 Å². The molecule has 0 aliphatic carbocycles. The number of aliphatic hydroxyl groups excluding tert-OH is 1. The van der Waals surface area contributed by atoms with Crippen LogP contribution in [0.1, 0.15) is 34.1 Å². The minimum Gasteiger partial charge on any atom is -0.479 e. The van der Waals surface area contributed by atoms with Gasteiger partial charge in [-0.05, 0) is 27.7 Å². The summed E-state index contributed by atoms with van der Waals surface area (Å²) < 4.78 is 10.4. The first-order chi connectivity index (χ1) is 7.19. The van der Waals surface area contributed by atoms with E-state index < -0.39 is 29.9 Å². The molecule has 0 aromatic carbocycles. The minimum absolute atomic E-state index is 0.232. The summed E-state index contributed by atoms with van der Waals surface area (Å²) in [6.45, 7) is 6.78. The summed E-state index contributed by atoms with van der Waals surface area (Å²) in [4.78, 5) is 11.0. The fourth-order valence-electron chi connectivity index (χ4n) is 1.10. The highest BCUT2D eigenvalue weighted by Crippen LogP contribution is 2.19. The van der Waals surface area contributed by atoms with Crippen LogP contribution in [0.15, 0.2) is 0 Å². The van der Waals surface area contributed by atoms with Crippen molar-refractivity contribution in [3.05, 3.63) is 0 Å². The summed E-state index contributed by atoms with van der Waals surface area (Å²) in [5.41, 5.74) is -0.568. The van der Waals surface area contributed by atoms with Crippen LogP contribution in [-0.4, -0.2) is 47.2 Å². The second kappa shape index (κ2) is 6.18. The first kappa shape index (κ1) is 15.3. The van der Waals surface area contributed by atoms with Gasteiger partial charge in [-0.1, -0.05) is 0 Å². The van der Waals surface area contributed by atoms with Gasteiger partial charge in [-0.15, -0.1) is 0 Å². The number of carbonyl (C=O) groups is 1. The average molecular weight is 234 g/mol. The molecule has 0 saturated carbocycles. The van der Waals surface area contributed by atoms with E-state index in [0.717, 1.165) is 0 Å². The zero-order valence-electron chi connectivity index (χ0n) is 10.6. The lowest BCUT2D eigenvalue weighted by Crippen LogP contribution is -2.39. The van der Waals surface area contributed by atoms with Crippen molar-refractivity contribution >= 4 is 5.97 Å². The maximum absolute atomic E-state index is 11.0. The maximum Gasteiger partial charge on any atom is 0.332 e. The van der Waals surface area contributed by atoms with Gasteiger partial charge in [0.05, 0.1) is 17.8 Å². The third kappa shape index (κ3) is 5.44. The van der Waals surface area contributed by atoms with Gasteiger partial charge >= 0.3 is 5.97 Å². The van der Waals surface area contributed by atoms with Crippen LogP contribution in [0.5, 0.6) is 0 Å². The summed E-state index contributed by atoms with van der Waals surface area (Å²) in [5.74, 6) is -1.04. The predicted molar refractivity (Wildman–Crippen MR) is 59.4 cm³/mol. The molecule has 0 fully saturated rings. The molecule has 3 unspecified atom stereocenters. The Bertz CT molecular complexity index is 224. The van der Waals surface area contributed by atoms with E-state index in [2.05, 4.69) is 0 Å². The molecule has 0 radical (unpaired) electrons. The molecule has 0 spiro atoms. The molecular weight excluding hydrogens is 212 g/mol. The van der Waals surface area contributed by atoms with Gasteiger partial charge in [-0.25, -0.2) is 4.79 Å². The molecule has 96 valence electrons. The smallest absolute Gasteiger partial charge is 0.332 e. The number of aliphatic hydroxyl groups is 1. The molecular formula is C11H22O5. The van der Waals surface area contributed by atoms with Crippen LogP contribution in [0.4, 0.5) is 0 Å². The van der Waals surface area contributed by atoms with Gasteiger partial charge in [0.15, 0.2) is 6.10 Å². The Hall–Kier alpha value is -0.650. The Morgan fingerprint density at radius 2 is 1.88 bits per heavy atom. The molecule has 16 heavy (non-hydrogen) atoms. The van der Waals surface area contributed by atoms with Crippen LogP contribution in [0.2, 0.25) is 0 Å². The van der Waals surface area contributed by atoms with Crippen LogP contribution >= 0.6 is 0 Å². The Labute approximate surface area is 96.4 Å². The second-order valence-electron chi connectivity index (χ2n) is 4.58. The summed E-state index contributed by atoms with van der Waals surface area (Å²) in [7, 11) is 1.52. The number of carboxylic acids is 1. The van der Waals surface area contributed by atoms with E-state index in [1.807, 2.05) is 0 Å². The standard InChI is InChI=1S/C11H22O5/c1-7(12)8(2)16-9(10(13)14)6-11(3,4)15-5/h7-9,12H,6H2,1-5H3,(H,13,14). The van der Waals surface area contributed by atoms with Crippen LogP contribution < -0.4 is 0 Å². The lowest BCUT2D eigenvalue weighted by Gasteiger charge is -2.28. The Morgan fingerprint density at radius 1 is 1.38 bits per heavy atom. The second-order valence-corrected chi connectivity index (χ2v) is 4.58. The van der Waals surface area contributed by atoms with E-state index in [1.54, 1.807) is 27.7 Å². The van der Waals surface area contributed by atoms with Crippen LogP contribution in [-0.2, 0) is 14.3 Å². The van der Waals surface area contributed by atoms with Crippen molar-refractivity contribution in [1.29, 1.82) is 0 Å². The van der Waals surface area contributed by atoms with Crippen molar-refractivity contribution in [2.75, 3.05) is 7.11 Å². The maximum atomic E-state index is 11.0. The Kier molecular flexibility index (Phi) is 5.92. The highest BCUT2D eigenvalue weighted by molar-refractivity contribution is 5.72. The molecule has 0 rings (SSSR count). The molecule has 3 atom stereocenters. The van der Waals surface area contributed by atoms with E-state index in [9.17, 15) is 9.90 Å². The van der Waals surface area contributed by atoms with Gasteiger partial charge in [0.25, 0.3) is 0 Å². The molecule has 0 saturated heterocycles. The zero-order valence-corrected chi connectivity index (χ0v) is 10.6. The molecule has 5 nitrogen and oxygen atoms in total. The number of hydrogen-bond acceptors (Lipinski definition) is 4. The fourth-order valence-corrected chi connectivity index (χ4v) is 1.10. The quantitative estimate of drug-likeness (QED) is 0.688. The molecule has 0 amide bonds. The Morgan fingerprint density at radius 3 is 2.19 bits per heavy atom. The molecule has 0 aliphatic heterocycles. The van der Waals surface area contributed by atoms with E-state index >= 15 is 0 Å². The lowest BCUT2D eigenvalue weighted by molar-refractivity contribution is -0.164. The zero-order chi connectivity index (χ0) is 12.9. The number of aliphatic carboxylic acids is 1. The number of rotatable bonds is 7. The number of ether oxygens (including phenoxy) is 2. The molecule has 0 aromatic rings. The SMILES string of the molecule is COC(C)(C)CC(OC(C)C(C)O)C(=O)O. The van der Waals surface area contributed by atoms with Crippen LogP contribution in [0.3, 0.4) is 0 Å². The predicted octanol–water partition coefficient (Wildman–Crippen LogP) is 1.04.